The molecule has 1 aliphatic heterocycles. The largest absolute Gasteiger partial charge is 0.478 e. The first-order chi connectivity index (χ1) is 16.7. The maximum Gasteiger partial charge on any atom is 0.433 e. The van der Waals surface area contributed by atoms with Crippen LogP contribution in [0.15, 0.2) is 36.5 Å². The summed E-state index contributed by atoms with van der Waals surface area (Å²) >= 11 is 0. The van der Waals surface area contributed by atoms with E-state index in [9.17, 15) is 22.8 Å². The molecule has 35 heavy (non-hydrogen) atoms. The number of hydrogen-bond acceptors (Lipinski definition) is 7. The number of halogens is 3. The van der Waals surface area contributed by atoms with Crippen LogP contribution in [-0.4, -0.2) is 64.3 Å². The monoisotopic (exact) mass is 487 g/mol. The lowest BCUT2D eigenvalue weighted by molar-refractivity contribution is -0.141. The molecule has 0 radical (unpaired) electrons. The van der Waals surface area contributed by atoms with E-state index < -0.39 is 17.7 Å². The zero-order chi connectivity index (χ0) is 25.0. The fraction of sp³-hybridized carbons (Fsp3) is 0.348. The second kappa shape index (κ2) is 10.1. The quantitative estimate of drug-likeness (QED) is 0.471. The number of ether oxygens (including phenoxy) is 2. The van der Waals surface area contributed by atoms with Gasteiger partial charge in [-0.2, -0.15) is 23.5 Å². The zero-order valence-corrected chi connectivity index (χ0v) is 18.4. The molecule has 0 spiro atoms. The summed E-state index contributed by atoms with van der Waals surface area (Å²) in [7, 11) is 0. The summed E-state index contributed by atoms with van der Waals surface area (Å²) in [6.45, 7) is 1.66. The van der Waals surface area contributed by atoms with Gasteiger partial charge in [-0.1, -0.05) is 6.07 Å². The Morgan fingerprint density at radius 2 is 1.97 bits per heavy atom. The Morgan fingerprint density at radius 1 is 1.20 bits per heavy atom. The van der Waals surface area contributed by atoms with Gasteiger partial charge in [0.1, 0.15) is 29.8 Å². The molecule has 1 aromatic carbocycles. The summed E-state index contributed by atoms with van der Waals surface area (Å²) < 4.78 is 51.1. The highest BCUT2D eigenvalue weighted by molar-refractivity contribution is 5.97. The number of pyridine rings is 1. The molecule has 3 heterocycles. The highest BCUT2D eigenvalue weighted by Gasteiger charge is 2.33. The minimum absolute atomic E-state index is 0.00544. The van der Waals surface area contributed by atoms with E-state index in [0.717, 1.165) is 12.1 Å². The van der Waals surface area contributed by atoms with Crippen molar-refractivity contribution >= 4 is 22.6 Å². The van der Waals surface area contributed by atoms with Gasteiger partial charge in [-0.25, -0.2) is 4.98 Å². The number of nitrogens with zero attached hydrogens (tertiary/aromatic N) is 5. The number of rotatable bonds is 7. The fourth-order valence-corrected chi connectivity index (χ4v) is 3.68. The minimum atomic E-state index is -4.68. The highest BCUT2D eigenvalue weighted by Crippen LogP contribution is 2.29. The lowest BCUT2D eigenvalue weighted by atomic mass is 10.0. The first kappa shape index (κ1) is 24.2. The summed E-state index contributed by atoms with van der Waals surface area (Å²) in [5, 5.41) is 13.9. The Balaban J connectivity index is 1.59. The molecule has 1 aliphatic rings. The standard InChI is InChI=1S/C23H20F3N5O4/c24-23(25,26)21-3-1-2-17(28-21)19(32)11-15-10-16-13-31(14-22(33)30-5-8-34-9-6-30)29-18(16)12-20(15)35-7-4-27/h1-3,10,12-13H,5-9,11,14H2. The topological polar surface area (TPSA) is 110 Å². The number of morpholine rings is 1. The molecule has 0 N–H and O–H groups in total. The number of benzene rings is 1. The zero-order valence-electron chi connectivity index (χ0n) is 18.4. The predicted molar refractivity (Wildman–Crippen MR) is 116 cm³/mol. The first-order valence-corrected chi connectivity index (χ1v) is 10.7. The smallest absolute Gasteiger partial charge is 0.433 e. The van der Waals surface area contributed by atoms with Gasteiger partial charge in [0.05, 0.1) is 18.7 Å². The van der Waals surface area contributed by atoms with Gasteiger partial charge in [0, 0.05) is 42.7 Å². The van der Waals surface area contributed by atoms with Crippen LogP contribution in [0.25, 0.3) is 10.9 Å². The Kier molecular flexibility index (Phi) is 6.97. The van der Waals surface area contributed by atoms with E-state index in [4.69, 9.17) is 14.7 Å². The molecule has 1 saturated heterocycles. The molecule has 4 rings (SSSR count). The first-order valence-electron chi connectivity index (χ1n) is 10.7. The number of aromatic nitrogens is 3. The van der Waals surface area contributed by atoms with Gasteiger partial charge in [0.25, 0.3) is 0 Å². The third-order valence-corrected chi connectivity index (χ3v) is 5.36. The van der Waals surface area contributed by atoms with Crippen molar-refractivity contribution in [2.75, 3.05) is 32.9 Å². The molecule has 182 valence electrons. The van der Waals surface area contributed by atoms with Crippen LogP contribution >= 0.6 is 0 Å². The van der Waals surface area contributed by atoms with Crippen LogP contribution in [0.5, 0.6) is 5.75 Å². The van der Waals surface area contributed by atoms with E-state index in [1.54, 1.807) is 17.2 Å². The summed E-state index contributed by atoms with van der Waals surface area (Å²) in [5.74, 6) is -0.565. The lowest BCUT2D eigenvalue weighted by Gasteiger charge is -2.26. The van der Waals surface area contributed by atoms with Crippen LogP contribution in [0.4, 0.5) is 13.2 Å². The van der Waals surface area contributed by atoms with E-state index in [1.807, 2.05) is 6.07 Å². The van der Waals surface area contributed by atoms with Gasteiger partial charge < -0.3 is 14.4 Å². The molecule has 12 heteroatoms. The molecule has 0 bridgehead atoms. The van der Waals surface area contributed by atoms with Crippen molar-refractivity contribution in [3.8, 4) is 11.8 Å². The number of nitriles is 1. The van der Waals surface area contributed by atoms with Crippen LogP contribution in [0.3, 0.4) is 0 Å². The van der Waals surface area contributed by atoms with Gasteiger partial charge in [-0.05, 0) is 18.2 Å². The van der Waals surface area contributed by atoms with E-state index in [2.05, 4.69) is 10.1 Å². The summed E-state index contributed by atoms with van der Waals surface area (Å²) in [6.07, 6.45) is -3.34. The summed E-state index contributed by atoms with van der Waals surface area (Å²) in [6, 6.07) is 8.10. The lowest BCUT2D eigenvalue weighted by Crippen LogP contribution is -2.42. The summed E-state index contributed by atoms with van der Waals surface area (Å²) in [5.41, 5.74) is -0.666. The van der Waals surface area contributed by atoms with Crippen molar-refractivity contribution in [1.29, 1.82) is 5.26 Å². The third kappa shape index (κ3) is 5.75. The number of amides is 1. The number of ketones is 1. The van der Waals surface area contributed by atoms with Gasteiger partial charge in [-0.15, -0.1) is 0 Å². The Hall–Kier alpha value is -3.98. The van der Waals surface area contributed by atoms with Crippen molar-refractivity contribution in [1.82, 2.24) is 19.7 Å². The minimum Gasteiger partial charge on any atom is -0.478 e. The molecule has 0 atom stereocenters. The van der Waals surface area contributed by atoms with Crippen molar-refractivity contribution in [3.63, 3.8) is 0 Å². The molecule has 1 amide bonds. The van der Waals surface area contributed by atoms with Crippen LogP contribution in [0.1, 0.15) is 21.7 Å². The molecule has 9 nitrogen and oxygen atoms in total. The number of hydrogen-bond donors (Lipinski definition) is 0. The second-order valence-electron chi connectivity index (χ2n) is 7.79. The Morgan fingerprint density at radius 3 is 2.69 bits per heavy atom. The molecule has 1 fully saturated rings. The van der Waals surface area contributed by atoms with Crippen molar-refractivity contribution in [2.45, 2.75) is 19.1 Å². The highest BCUT2D eigenvalue weighted by atomic mass is 19.4. The summed E-state index contributed by atoms with van der Waals surface area (Å²) in [4.78, 5) is 30.4. The molecule has 2 aromatic heterocycles. The van der Waals surface area contributed by atoms with Gasteiger partial charge in [-0.3, -0.25) is 14.3 Å². The van der Waals surface area contributed by atoms with E-state index >= 15 is 0 Å². The van der Waals surface area contributed by atoms with E-state index in [1.165, 1.54) is 16.8 Å². The Bertz CT molecular complexity index is 1290. The predicted octanol–water partition coefficient (Wildman–Crippen LogP) is 2.64. The number of carbonyl (C=O) groups is 2. The number of carbonyl (C=O) groups excluding carboxylic acids is 2. The molecular formula is C23H20F3N5O4. The fourth-order valence-electron chi connectivity index (χ4n) is 3.68. The molecule has 0 saturated carbocycles. The SMILES string of the molecule is N#CCOc1cc2nn(CC(=O)N3CCOCC3)cc2cc1CC(=O)c1cccc(C(F)(F)F)n1. The van der Waals surface area contributed by atoms with Crippen molar-refractivity contribution < 1.29 is 32.2 Å². The second-order valence-corrected chi connectivity index (χ2v) is 7.79. The molecule has 0 aliphatic carbocycles. The maximum atomic E-state index is 13.0. The van der Waals surface area contributed by atoms with E-state index in [0.29, 0.717) is 42.8 Å². The van der Waals surface area contributed by atoms with E-state index in [-0.39, 0.29) is 36.9 Å². The van der Waals surface area contributed by atoms with Crippen LogP contribution < -0.4 is 4.74 Å². The van der Waals surface area contributed by atoms with Crippen LogP contribution in [0.2, 0.25) is 0 Å². The maximum absolute atomic E-state index is 13.0. The Labute approximate surface area is 197 Å². The number of fused-ring (bicyclic) bond motifs is 1. The average molecular weight is 487 g/mol. The third-order valence-electron chi connectivity index (χ3n) is 5.36. The van der Waals surface area contributed by atoms with Crippen LogP contribution in [0, 0.1) is 11.3 Å². The van der Waals surface area contributed by atoms with Gasteiger partial charge >= 0.3 is 6.18 Å². The normalized spacial score (nSPS) is 14.1. The van der Waals surface area contributed by atoms with Gasteiger partial charge in [0.15, 0.2) is 12.4 Å². The van der Waals surface area contributed by atoms with Crippen molar-refractivity contribution in [2.24, 2.45) is 0 Å². The number of alkyl halides is 3. The molecule has 0 unspecified atom stereocenters. The average Bonchev–Trinajstić information content (AvgIpc) is 3.23. The molecular weight excluding hydrogens is 467 g/mol. The molecule has 3 aromatic rings. The van der Waals surface area contributed by atoms with Gasteiger partial charge in [0.2, 0.25) is 5.91 Å². The van der Waals surface area contributed by atoms with Crippen molar-refractivity contribution in [3.05, 3.63) is 53.5 Å². The van der Waals surface area contributed by atoms with Crippen LogP contribution in [-0.2, 0) is 28.7 Å². The number of Topliss-reactive ketones (excluding diaryl/α,β-unsaturated/α-hetero) is 1.